The van der Waals surface area contributed by atoms with Crippen LogP contribution in [0.25, 0.3) is 0 Å². The van der Waals surface area contributed by atoms with E-state index < -0.39 is 0 Å². The predicted octanol–water partition coefficient (Wildman–Crippen LogP) is 2.12. The van der Waals surface area contributed by atoms with Crippen LogP contribution >= 0.6 is 24.0 Å². The van der Waals surface area contributed by atoms with E-state index in [-0.39, 0.29) is 12.4 Å². The third-order valence-electron chi connectivity index (χ3n) is 0.913. The van der Waals surface area contributed by atoms with E-state index in [0.717, 1.165) is 5.57 Å². The summed E-state index contributed by atoms with van der Waals surface area (Å²) in [6.45, 7) is 0.681. The van der Waals surface area contributed by atoms with Crippen molar-refractivity contribution in [3.05, 3.63) is 24.0 Å². The molecule has 0 aliphatic carbocycles. The predicted molar refractivity (Wildman–Crippen MR) is 41.1 cm³/mol. The van der Waals surface area contributed by atoms with E-state index in [4.69, 9.17) is 16.3 Å². The van der Waals surface area contributed by atoms with Gasteiger partial charge in [-0.3, -0.25) is 0 Å². The standard InChI is InChI=1S/C6H7ClO.ClH/c7-4-6-2-1-3-8-5-6;/h1-2,5H,3-4H2;1H. The van der Waals surface area contributed by atoms with Crippen LogP contribution < -0.4 is 0 Å². The maximum Gasteiger partial charge on any atom is 0.106 e. The van der Waals surface area contributed by atoms with E-state index in [1.54, 1.807) is 6.26 Å². The number of hydrogen-bond acceptors (Lipinski definition) is 1. The van der Waals surface area contributed by atoms with Crippen LogP contribution in [0.1, 0.15) is 0 Å². The SMILES string of the molecule is Cl.ClCC1=COCC=C1. The van der Waals surface area contributed by atoms with Gasteiger partial charge in [-0.1, -0.05) is 6.08 Å². The second-order valence-corrected chi connectivity index (χ2v) is 1.83. The normalized spacial score (nSPS) is 15.4. The van der Waals surface area contributed by atoms with Gasteiger partial charge in [0.05, 0.1) is 12.1 Å². The first-order chi connectivity index (χ1) is 3.93. The van der Waals surface area contributed by atoms with Gasteiger partial charge >= 0.3 is 0 Å². The van der Waals surface area contributed by atoms with Crippen molar-refractivity contribution >= 4 is 24.0 Å². The van der Waals surface area contributed by atoms with Crippen LogP contribution in [0.15, 0.2) is 24.0 Å². The van der Waals surface area contributed by atoms with Crippen molar-refractivity contribution < 1.29 is 4.74 Å². The molecule has 0 saturated carbocycles. The van der Waals surface area contributed by atoms with Gasteiger partial charge in [-0.05, 0) is 6.08 Å². The van der Waals surface area contributed by atoms with Crippen molar-refractivity contribution in [2.75, 3.05) is 12.5 Å². The summed E-state index contributed by atoms with van der Waals surface area (Å²) in [6.07, 6.45) is 5.60. The van der Waals surface area contributed by atoms with E-state index >= 15 is 0 Å². The molecule has 1 rings (SSSR count). The third-order valence-corrected chi connectivity index (χ3v) is 1.22. The summed E-state index contributed by atoms with van der Waals surface area (Å²) in [5.41, 5.74) is 1.04. The largest absolute Gasteiger partial charge is 0.497 e. The molecule has 0 aromatic heterocycles. The summed E-state index contributed by atoms with van der Waals surface area (Å²) < 4.78 is 4.94. The van der Waals surface area contributed by atoms with Crippen molar-refractivity contribution in [3.63, 3.8) is 0 Å². The second kappa shape index (κ2) is 4.71. The van der Waals surface area contributed by atoms with Crippen molar-refractivity contribution in [2.45, 2.75) is 0 Å². The molecule has 52 valence electrons. The molecule has 0 aromatic carbocycles. The fraction of sp³-hybridized carbons (Fsp3) is 0.333. The Labute approximate surface area is 65.7 Å². The topological polar surface area (TPSA) is 9.23 Å². The Balaban J connectivity index is 0.000000640. The summed E-state index contributed by atoms with van der Waals surface area (Å²) in [5.74, 6) is 0.538. The summed E-state index contributed by atoms with van der Waals surface area (Å²) in [5, 5.41) is 0. The first kappa shape index (κ1) is 8.86. The summed E-state index contributed by atoms with van der Waals surface area (Å²) in [6, 6.07) is 0. The highest BCUT2D eigenvalue weighted by Crippen LogP contribution is 2.04. The summed E-state index contributed by atoms with van der Waals surface area (Å²) in [4.78, 5) is 0. The molecule has 1 heterocycles. The van der Waals surface area contributed by atoms with Gasteiger partial charge < -0.3 is 4.74 Å². The molecule has 9 heavy (non-hydrogen) atoms. The zero-order valence-corrected chi connectivity index (χ0v) is 6.41. The van der Waals surface area contributed by atoms with Crippen LogP contribution in [0, 0.1) is 0 Å². The summed E-state index contributed by atoms with van der Waals surface area (Å²) in [7, 11) is 0. The number of ether oxygens (including phenoxy) is 1. The Bertz CT molecular complexity index is 129. The maximum atomic E-state index is 5.48. The van der Waals surface area contributed by atoms with Gasteiger partial charge in [0, 0.05) is 5.57 Å². The number of halogens is 2. The van der Waals surface area contributed by atoms with Crippen molar-refractivity contribution in [2.24, 2.45) is 0 Å². The molecular formula is C6H8Cl2O. The van der Waals surface area contributed by atoms with E-state index in [1.807, 2.05) is 12.2 Å². The third kappa shape index (κ3) is 2.78. The molecule has 0 atom stereocenters. The lowest BCUT2D eigenvalue weighted by Crippen LogP contribution is -1.91. The van der Waals surface area contributed by atoms with Crippen molar-refractivity contribution in [3.8, 4) is 0 Å². The molecule has 0 spiro atoms. The van der Waals surface area contributed by atoms with Crippen LogP contribution in [0.3, 0.4) is 0 Å². The molecular weight excluding hydrogens is 159 g/mol. The number of hydrogen-bond donors (Lipinski definition) is 0. The molecule has 0 unspecified atom stereocenters. The lowest BCUT2D eigenvalue weighted by molar-refractivity contribution is 0.282. The fourth-order valence-electron chi connectivity index (χ4n) is 0.526. The van der Waals surface area contributed by atoms with Crippen molar-refractivity contribution in [1.82, 2.24) is 0 Å². The van der Waals surface area contributed by atoms with E-state index in [2.05, 4.69) is 0 Å². The van der Waals surface area contributed by atoms with Crippen LogP contribution in [0.2, 0.25) is 0 Å². The Morgan fingerprint density at radius 1 is 1.67 bits per heavy atom. The van der Waals surface area contributed by atoms with E-state index in [1.165, 1.54) is 0 Å². The minimum atomic E-state index is 0. The number of alkyl halides is 1. The van der Waals surface area contributed by atoms with E-state index in [9.17, 15) is 0 Å². The van der Waals surface area contributed by atoms with E-state index in [0.29, 0.717) is 12.5 Å². The van der Waals surface area contributed by atoms with Gasteiger partial charge in [0.1, 0.15) is 6.61 Å². The lowest BCUT2D eigenvalue weighted by atomic mass is 10.3. The molecule has 0 fully saturated rings. The number of rotatable bonds is 1. The average molecular weight is 167 g/mol. The van der Waals surface area contributed by atoms with Crippen LogP contribution in [-0.4, -0.2) is 12.5 Å². The zero-order valence-electron chi connectivity index (χ0n) is 4.84. The monoisotopic (exact) mass is 166 g/mol. The Kier molecular flexibility index (Phi) is 4.64. The highest BCUT2D eigenvalue weighted by Gasteiger charge is 1.92. The molecule has 0 aromatic rings. The van der Waals surface area contributed by atoms with Gasteiger partial charge in [-0.25, -0.2) is 0 Å². The van der Waals surface area contributed by atoms with Crippen molar-refractivity contribution in [1.29, 1.82) is 0 Å². The van der Waals surface area contributed by atoms with Crippen LogP contribution in [0.4, 0.5) is 0 Å². The fourth-order valence-corrected chi connectivity index (χ4v) is 0.678. The van der Waals surface area contributed by atoms with Gasteiger partial charge in [0.2, 0.25) is 0 Å². The molecule has 0 N–H and O–H groups in total. The Morgan fingerprint density at radius 2 is 2.44 bits per heavy atom. The first-order valence-electron chi connectivity index (χ1n) is 2.46. The molecule has 3 heteroatoms. The van der Waals surface area contributed by atoms with Gasteiger partial charge in [0.15, 0.2) is 0 Å². The quantitative estimate of drug-likeness (QED) is 0.543. The minimum absolute atomic E-state index is 0. The first-order valence-corrected chi connectivity index (χ1v) is 3.00. The second-order valence-electron chi connectivity index (χ2n) is 1.56. The van der Waals surface area contributed by atoms with Crippen LogP contribution in [-0.2, 0) is 4.74 Å². The molecule has 1 aliphatic heterocycles. The van der Waals surface area contributed by atoms with Gasteiger partial charge in [-0.2, -0.15) is 0 Å². The van der Waals surface area contributed by atoms with Gasteiger partial charge in [-0.15, -0.1) is 24.0 Å². The average Bonchev–Trinajstić information content (AvgIpc) is 1.90. The molecule has 0 bridgehead atoms. The molecule has 1 aliphatic rings. The summed E-state index contributed by atoms with van der Waals surface area (Å²) >= 11 is 5.48. The Morgan fingerprint density at radius 3 is 2.78 bits per heavy atom. The smallest absolute Gasteiger partial charge is 0.106 e. The highest BCUT2D eigenvalue weighted by atomic mass is 35.5. The Hall–Kier alpha value is -0.140. The molecule has 0 saturated heterocycles. The van der Waals surface area contributed by atoms with Crippen LogP contribution in [0.5, 0.6) is 0 Å². The molecule has 0 amide bonds. The lowest BCUT2D eigenvalue weighted by Gasteiger charge is -2.02. The molecule has 1 nitrogen and oxygen atoms in total. The zero-order chi connectivity index (χ0) is 5.82. The highest BCUT2D eigenvalue weighted by molar-refractivity contribution is 6.19. The number of allylic oxidation sites excluding steroid dienone is 2. The minimum Gasteiger partial charge on any atom is -0.497 e. The maximum absolute atomic E-state index is 5.48. The molecule has 0 radical (unpaired) electrons. The van der Waals surface area contributed by atoms with Gasteiger partial charge in [0.25, 0.3) is 0 Å².